The van der Waals surface area contributed by atoms with Gasteiger partial charge < -0.3 is 5.11 Å². The summed E-state index contributed by atoms with van der Waals surface area (Å²) in [5.74, 6) is 0.441. The van der Waals surface area contributed by atoms with E-state index in [-0.39, 0.29) is 45.9 Å². The van der Waals surface area contributed by atoms with Gasteiger partial charge in [-0.05, 0) is 61.5 Å². The zero-order chi connectivity index (χ0) is 19.4. The van der Waals surface area contributed by atoms with Crippen LogP contribution in [0.2, 0.25) is 0 Å². The monoisotopic (exact) mass is 370 g/mol. The minimum absolute atomic E-state index is 0.0281. The Kier molecular flexibility index (Phi) is 4.53. The molecule has 146 valence electrons. The summed E-state index contributed by atoms with van der Waals surface area (Å²) in [6, 6.07) is 0. The SMILES string of the molecule is CC12C=CC(=O)C=C1CCC[C@@H]1[C@@H]2C(=O)CC2(C)C(C(=O)CO)CCC[C@@H]12. The Morgan fingerprint density at radius 3 is 2.70 bits per heavy atom. The Morgan fingerprint density at radius 1 is 1.19 bits per heavy atom. The number of carbonyl (C=O) groups is 3. The van der Waals surface area contributed by atoms with Gasteiger partial charge in [-0.3, -0.25) is 14.4 Å². The average Bonchev–Trinajstić information content (AvgIpc) is 2.77. The van der Waals surface area contributed by atoms with Crippen molar-refractivity contribution in [2.75, 3.05) is 6.61 Å². The quantitative estimate of drug-likeness (QED) is 0.808. The molecule has 6 atom stereocenters. The summed E-state index contributed by atoms with van der Waals surface area (Å²) in [6.45, 7) is 3.82. The number of aliphatic hydroxyl groups excluding tert-OH is 1. The second-order valence-corrected chi connectivity index (χ2v) is 9.59. The number of aliphatic hydroxyl groups is 1. The van der Waals surface area contributed by atoms with Gasteiger partial charge in [0.25, 0.3) is 0 Å². The van der Waals surface area contributed by atoms with Crippen LogP contribution in [0.1, 0.15) is 58.8 Å². The lowest BCUT2D eigenvalue weighted by atomic mass is 9.46. The highest BCUT2D eigenvalue weighted by Crippen LogP contribution is 2.62. The van der Waals surface area contributed by atoms with E-state index in [0.29, 0.717) is 12.3 Å². The predicted octanol–water partition coefficient (Wildman–Crippen LogP) is 3.43. The van der Waals surface area contributed by atoms with Crippen molar-refractivity contribution >= 4 is 17.3 Å². The molecule has 0 amide bonds. The topological polar surface area (TPSA) is 71.4 Å². The zero-order valence-electron chi connectivity index (χ0n) is 16.4. The molecule has 0 aromatic carbocycles. The normalized spacial score (nSPS) is 43.9. The van der Waals surface area contributed by atoms with E-state index in [1.807, 2.05) is 6.08 Å². The lowest BCUT2D eigenvalue weighted by molar-refractivity contribution is -0.154. The van der Waals surface area contributed by atoms with Crippen molar-refractivity contribution in [3.63, 3.8) is 0 Å². The van der Waals surface area contributed by atoms with Gasteiger partial charge in [-0.25, -0.2) is 0 Å². The van der Waals surface area contributed by atoms with Crippen LogP contribution in [0.25, 0.3) is 0 Å². The van der Waals surface area contributed by atoms with Gasteiger partial charge in [-0.1, -0.05) is 31.9 Å². The molecule has 4 nitrogen and oxygen atoms in total. The molecule has 0 aliphatic heterocycles. The first kappa shape index (κ1) is 18.8. The fourth-order valence-corrected chi connectivity index (χ4v) is 7.07. The van der Waals surface area contributed by atoms with Crippen molar-refractivity contribution in [3.8, 4) is 0 Å². The minimum Gasteiger partial charge on any atom is -0.389 e. The first-order valence-corrected chi connectivity index (χ1v) is 10.4. The number of allylic oxidation sites excluding steroid dienone is 4. The molecular formula is C23H30O4. The van der Waals surface area contributed by atoms with Crippen LogP contribution in [-0.2, 0) is 14.4 Å². The maximum absolute atomic E-state index is 13.5. The lowest BCUT2D eigenvalue weighted by Gasteiger charge is -2.57. The Labute approximate surface area is 161 Å². The molecular weight excluding hydrogens is 340 g/mol. The molecule has 0 radical (unpaired) electrons. The van der Waals surface area contributed by atoms with Crippen molar-refractivity contribution in [3.05, 3.63) is 23.8 Å². The molecule has 0 heterocycles. The number of rotatable bonds is 2. The number of carbonyl (C=O) groups excluding carboxylic acids is 3. The zero-order valence-corrected chi connectivity index (χ0v) is 16.4. The second kappa shape index (κ2) is 6.51. The molecule has 3 unspecified atom stereocenters. The summed E-state index contributed by atoms with van der Waals surface area (Å²) in [6.07, 6.45) is 11.4. The van der Waals surface area contributed by atoms with Gasteiger partial charge in [0, 0.05) is 23.7 Å². The summed E-state index contributed by atoms with van der Waals surface area (Å²) >= 11 is 0. The highest BCUT2D eigenvalue weighted by Gasteiger charge is 2.60. The van der Waals surface area contributed by atoms with Crippen LogP contribution in [-0.4, -0.2) is 29.1 Å². The molecule has 4 aliphatic carbocycles. The number of hydrogen-bond donors (Lipinski definition) is 1. The van der Waals surface area contributed by atoms with Crippen molar-refractivity contribution in [1.82, 2.24) is 0 Å². The van der Waals surface area contributed by atoms with E-state index in [9.17, 15) is 19.5 Å². The van der Waals surface area contributed by atoms with Crippen molar-refractivity contribution in [1.29, 1.82) is 0 Å². The van der Waals surface area contributed by atoms with E-state index in [2.05, 4.69) is 13.8 Å². The summed E-state index contributed by atoms with van der Waals surface area (Å²) in [7, 11) is 0. The highest BCUT2D eigenvalue weighted by molar-refractivity contribution is 6.01. The summed E-state index contributed by atoms with van der Waals surface area (Å²) < 4.78 is 0. The molecule has 0 bridgehead atoms. The molecule has 1 N–H and O–H groups in total. The van der Waals surface area contributed by atoms with Crippen LogP contribution < -0.4 is 0 Å². The molecule has 27 heavy (non-hydrogen) atoms. The molecule has 3 fully saturated rings. The first-order chi connectivity index (χ1) is 12.8. The Bertz CT molecular complexity index is 747. The maximum Gasteiger partial charge on any atom is 0.178 e. The van der Waals surface area contributed by atoms with E-state index in [4.69, 9.17) is 0 Å². The molecule has 4 heteroatoms. The van der Waals surface area contributed by atoms with E-state index >= 15 is 0 Å². The van der Waals surface area contributed by atoms with E-state index in [1.165, 1.54) is 0 Å². The first-order valence-electron chi connectivity index (χ1n) is 10.4. The number of fused-ring (bicyclic) bond motifs is 5. The smallest absolute Gasteiger partial charge is 0.178 e. The molecule has 0 spiro atoms. The van der Waals surface area contributed by atoms with E-state index < -0.39 is 6.61 Å². The minimum atomic E-state index is -0.426. The van der Waals surface area contributed by atoms with Gasteiger partial charge in [0.05, 0.1) is 0 Å². The molecule has 0 aromatic rings. The van der Waals surface area contributed by atoms with Crippen LogP contribution in [0, 0.1) is 34.5 Å². The third-order valence-corrected chi connectivity index (χ3v) is 8.27. The van der Waals surface area contributed by atoms with Crippen LogP contribution in [0.4, 0.5) is 0 Å². The van der Waals surface area contributed by atoms with Gasteiger partial charge in [0.2, 0.25) is 0 Å². The van der Waals surface area contributed by atoms with Crippen LogP contribution in [0.5, 0.6) is 0 Å². The Balaban J connectivity index is 1.77. The third-order valence-electron chi connectivity index (χ3n) is 8.27. The molecule has 3 saturated carbocycles. The summed E-state index contributed by atoms with van der Waals surface area (Å²) in [5.41, 5.74) is 0.398. The Morgan fingerprint density at radius 2 is 1.96 bits per heavy atom. The van der Waals surface area contributed by atoms with Gasteiger partial charge >= 0.3 is 0 Å². The summed E-state index contributed by atoms with van der Waals surface area (Å²) in [4.78, 5) is 37.9. The molecule has 0 saturated heterocycles. The van der Waals surface area contributed by atoms with Crippen molar-refractivity contribution in [2.45, 2.75) is 58.8 Å². The molecule has 0 aromatic heterocycles. The average molecular weight is 370 g/mol. The molecule has 4 aliphatic rings. The van der Waals surface area contributed by atoms with E-state index in [0.717, 1.165) is 44.1 Å². The number of ketones is 3. The number of Topliss-reactive ketones (excluding diaryl/α,β-unsaturated/α-hetero) is 2. The van der Waals surface area contributed by atoms with Crippen LogP contribution in [0.3, 0.4) is 0 Å². The second-order valence-electron chi connectivity index (χ2n) is 9.59. The van der Waals surface area contributed by atoms with Crippen molar-refractivity contribution < 1.29 is 19.5 Å². The summed E-state index contributed by atoms with van der Waals surface area (Å²) in [5, 5.41) is 9.47. The van der Waals surface area contributed by atoms with Gasteiger partial charge in [0.15, 0.2) is 11.6 Å². The van der Waals surface area contributed by atoms with Gasteiger partial charge in [-0.2, -0.15) is 0 Å². The molecule has 4 rings (SSSR count). The lowest BCUT2D eigenvalue weighted by Crippen LogP contribution is -2.56. The number of hydrogen-bond acceptors (Lipinski definition) is 4. The third kappa shape index (κ3) is 2.71. The predicted molar refractivity (Wildman–Crippen MR) is 102 cm³/mol. The fraction of sp³-hybridized carbons (Fsp3) is 0.696. The Hall–Kier alpha value is -1.55. The fourth-order valence-electron chi connectivity index (χ4n) is 7.07. The maximum atomic E-state index is 13.5. The standard InChI is InChI=1S/C23H30O4/c1-22-10-9-15(25)11-14(22)5-3-6-16-17-7-4-8-18(20(27)13-24)23(17,2)12-19(26)21(16)22/h9-11,16-18,21,24H,3-8,12-13H2,1-2H3/t16-,17-,18?,21+,22?,23?/m0/s1. The van der Waals surface area contributed by atoms with Crippen LogP contribution >= 0.6 is 0 Å². The van der Waals surface area contributed by atoms with Crippen molar-refractivity contribution in [2.24, 2.45) is 34.5 Å². The largest absolute Gasteiger partial charge is 0.389 e. The van der Waals surface area contributed by atoms with E-state index in [1.54, 1.807) is 12.2 Å². The van der Waals surface area contributed by atoms with Gasteiger partial charge in [0.1, 0.15) is 12.4 Å². The van der Waals surface area contributed by atoms with Gasteiger partial charge in [-0.15, -0.1) is 0 Å². The van der Waals surface area contributed by atoms with Crippen LogP contribution in [0.15, 0.2) is 23.8 Å². The highest BCUT2D eigenvalue weighted by atomic mass is 16.3.